The Labute approximate surface area is 122 Å². The van der Waals surface area contributed by atoms with Gasteiger partial charge in [0.05, 0.1) is 17.7 Å². The Kier molecular flexibility index (Phi) is 4.23. The standard InChI is InChI=1S/C14H18N2O3S/c1-14(2)16(9-17)11(8-20-14)13(18)15-10-6-4-5-7-12(10)19-3/h4-7,9,11H,8H2,1-3H3,(H,15,18)/t11-/m0/s1. The van der Waals surface area contributed by atoms with Crippen molar-refractivity contribution < 1.29 is 14.3 Å². The number of nitrogens with zero attached hydrogens (tertiary/aromatic N) is 1. The lowest BCUT2D eigenvalue weighted by Crippen LogP contribution is -2.47. The van der Waals surface area contributed by atoms with Gasteiger partial charge in [-0.3, -0.25) is 9.59 Å². The van der Waals surface area contributed by atoms with E-state index < -0.39 is 6.04 Å². The maximum Gasteiger partial charge on any atom is 0.248 e. The summed E-state index contributed by atoms with van der Waals surface area (Å²) in [7, 11) is 1.55. The fourth-order valence-corrected chi connectivity index (χ4v) is 3.38. The topological polar surface area (TPSA) is 58.6 Å². The van der Waals surface area contributed by atoms with Crippen LogP contribution >= 0.6 is 11.8 Å². The number of ether oxygens (including phenoxy) is 1. The summed E-state index contributed by atoms with van der Waals surface area (Å²) in [5.74, 6) is 0.996. The molecule has 20 heavy (non-hydrogen) atoms. The monoisotopic (exact) mass is 294 g/mol. The molecule has 2 amide bonds. The predicted octanol–water partition coefficient (Wildman–Crippen LogP) is 1.94. The number of para-hydroxylation sites is 2. The van der Waals surface area contributed by atoms with Gasteiger partial charge in [0.15, 0.2) is 0 Å². The first-order valence-corrected chi connectivity index (χ1v) is 7.29. The van der Waals surface area contributed by atoms with Crippen molar-refractivity contribution in [2.75, 3.05) is 18.2 Å². The van der Waals surface area contributed by atoms with Crippen LogP contribution in [-0.4, -0.2) is 41.0 Å². The summed E-state index contributed by atoms with van der Waals surface area (Å²) in [6.07, 6.45) is 0.743. The molecular weight excluding hydrogens is 276 g/mol. The predicted molar refractivity (Wildman–Crippen MR) is 79.9 cm³/mol. The third kappa shape index (κ3) is 2.75. The van der Waals surface area contributed by atoms with Crippen LogP contribution in [0.1, 0.15) is 13.8 Å². The summed E-state index contributed by atoms with van der Waals surface area (Å²) in [4.78, 5) is 24.8. The zero-order valence-corrected chi connectivity index (χ0v) is 12.6. The van der Waals surface area contributed by atoms with Gasteiger partial charge in [0.2, 0.25) is 12.3 Å². The molecule has 1 atom stereocenters. The van der Waals surface area contributed by atoms with Gasteiger partial charge in [-0.15, -0.1) is 11.8 Å². The molecule has 1 aliphatic heterocycles. The highest BCUT2D eigenvalue weighted by Crippen LogP contribution is 2.38. The molecule has 1 aliphatic rings. The molecule has 5 nitrogen and oxygen atoms in total. The highest BCUT2D eigenvalue weighted by molar-refractivity contribution is 8.00. The van der Waals surface area contributed by atoms with Crippen molar-refractivity contribution >= 4 is 29.8 Å². The molecule has 1 aromatic rings. The minimum atomic E-state index is -0.461. The zero-order valence-electron chi connectivity index (χ0n) is 11.8. The van der Waals surface area contributed by atoms with Gasteiger partial charge in [-0.05, 0) is 26.0 Å². The Hall–Kier alpha value is -1.69. The minimum Gasteiger partial charge on any atom is -0.495 e. The van der Waals surface area contributed by atoms with Gasteiger partial charge in [-0.25, -0.2) is 0 Å². The number of amides is 2. The van der Waals surface area contributed by atoms with E-state index in [0.29, 0.717) is 17.2 Å². The van der Waals surface area contributed by atoms with Crippen LogP contribution in [0.2, 0.25) is 0 Å². The second kappa shape index (κ2) is 5.75. The summed E-state index contributed by atoms with van der Waals surface area (Å²) < 4.78 is 5.20. The Morgan fingerprint density at radius 2 is 2.20 bits per heavy atom. The van der Waals surface area contributed by atoms with Crippen molar-refractivity contribution in [2.24, 2.45) is 0 Å². The summed E-state index contributed by atoms with van der Waals surface area (Å²) in [5, 5.41) is 2.83. The molecule has 0 aromatic heterocycles. The summed E-state index contributed by atoms with van der Waals surface area (Å²) in [5.41, 5.74) is 0.612. The number of hydrogen-bond acceptors (Lipinski definition) is 4. The van der Waals surface area contributed by atoms with Crippen molar-refractivity contribution in [3.63, 3.8) is 0 Å². The molecule has 1 fully saturated rings. The Morgan fingerprint density at radius 1 is 1.50 bits per heavy atom. The minimum absolute atomic E-state index is 0.195. The van der Waals surface area contributed by atoms with E-state index in [4.69, 9.17) is 4.74 Å². The van der Waals surface area contributed by atoms with E-state index in [1.165, 1.54) is 0 Å². The van der Waals surface area contributed by atoms with Crippen LogP contribution in [0.15, 0.2) is 24.3 Å². The lowest BCUT2D eigenvalue weighted by atomic mass is 10.2. The maximum absolute atomic E-state index is 12.4. The molecule has 0 bridgehead atoms. The number of hydrogen-bond donors (Lipinski definition) is 1. The van der Waals surface area contributed by atoms with Gasteiger partial charge in [-0.2, -0.15) is 0 Å². The van der Waals surface area contributed by atoms with Crippen LogP contribution in [-0.2, 0) is 9.59 Å². The van der Waals surface area contributed by atoms with E-state index in [0.717, 1.165) is 6.41 Å². The Morgan fingerprint density at radius 3 is 2.85 bits per heavy atom. The summed E-state index contributed by atoms with van der Waals surface area (Å²) >= 11 is 1.59. The molecule has 1 aromatic carbocycles. The third-order valence-electron chi connectivity index (χ3n) is 3.33. The highest BCUT2D eigenvalue weighted by atomic mass is 32.2. The van der Waals surface area contributed by atoms with E-state index >= 15 is 0 Å². The second-order valence-corrected chi connectivity index (χ2v) is 6.60. The van der Waals surface area contributed by atoms with E-state index in [1.54, 1.807) is 35.9 Å². The van der Waals surface area contributed by atoms with Gasteiger partial charge in [0.25, 0.3) is 0 Å². The number of carbonyl (C=O) groups excluding carboxylic acids is 2. The van der Waals surface area contributed by atoms with E-state index in [1.807, 2.05) is 26.0 Å². The van der Waals surface area contributed by atoms with Crippen LogP contribution in [0.25, 0.3) is 0 Å². The fourth-order valence-electron chi connectivity index (χ4n) is 2.18. The van der Waals surface area contributed by atoms with E-state index in [9.17, 15) is 9.59 Å². The van der Waals surface area contributed by atoms with Crippen molar-refractivity contribution in [3.05, 3.63) is 24.3 Å². The molecule has 0 saturated carbocycles. The van der Waals surface area contributed by atoms with Gasteiger partial charge in [0.1, 0.15) is 11.8 Å². The molecule has 6 heteroatoms. The Balaban J connectivity index is 2.15. The molecule has 0 spiro atoms. The van der Waals surface area contributed by atoms with Crippen LogP contribution in [0.4, 0.5) is 5.69 Å². The van der Waals surface area contributed by atoms with E-state index in [2.05, 4.69) is 5.32 Å². The quantitative estimate of drug-likeness (QED) is 0.862. The maximum atomic E-state index is 12.4. The average Bonchev–Trinajstić information content (AvgIpc) is 2.74. The first kappa shape index (κ1) is 14.7. The molecular formula is C14H18N2O3S. The lowest BCUT2D eigenvalue weighted by molar-refractivity contribution is -0.130. The third-order valence-corrected chi connectivity index (χ3v) is 4.73. The Bertz CT molecular complexity index is 519. The SMILES string of the molecule is COc1ccccc1NC(=O)[C@@H]1CSC(C)(C)N1C=O. The number of anilines is 1. The van der Waals surface area contributed by atoms with E-state index in [-0.39, 0.29) is 10.8 Å². The van der Waals surface area contributed by atoms with Gasteiger partial charge in [-0.1, -0.05) is 12.1 Å². The molecule has 0 radical (unpaired) electrons. The van der Waals surface area contributed by atoms with Gasteiger partial charge >= 0.3 is 0 Å². The van der Waals surface area contributed by atoms with Crippen LogP contribution in [0.5, 0.6) is 5.75 Å². The zero-order chi connectivity index (χ0) is 14.8. The number of nitrogens with one attached hydrogen (secondary N) is 1. The number of thioether (sulfide) groups is 1. The van der Waals surface area contributed by atoms with Gasteiger partial charge < -0.3 is 15.0 Å². The average molecular weight is 294 g/mol. The second-order valence-electron chi connectivity index (χ2n) is 4.98. The molecule has 2 rings (SSSR count). The number of carbonyl (C=O) groups is 2. The fraction of sp³-hybridized carbons (Fsp3) is 0.429. The van der Waals surface area contributed by atoms with Crippen molar-refractivity contribution in [1.82, 2.24) is 4.90 Å². The number of rotatable bonds is 4. The largest absolute Gasteiger partial charge is 0.495 e. The van der Waals surface area contributed by atoms with Crippen LogP contribution < -0.4 is 10.1 Å². The number of benzene rings is 1. The molecule has 1 N–H and O–H groups in total. The molecule has 1 saturated heterocycles. The molecule has 108 valence electrons. The lowest BCUT2D eigenvalue weighted by Gasteiger charge is -2.30. The first-order valence-electron chi connectivity index (χ1n) is 6.31. The highest BCUT2D eigenvalue weighted by Gasteiger charge is 2.42. The summed E-state index contributed by atoms with van der Waals surface area (Å²) in [6.45, 7) is 3.87. The molecule has 1 heterocycles. The molecule has 0 aliphatic carbocycles. The summed E-state index contributed by atoms with van der Waals surface area (Å²) in [6, 6.07) is 6.75. The van der Waals surface area contributed by atoms with Crippen molar-refractivity contribution in [1.29, 1.82) is 0 Å². The molecule has 0 unspecified atom stereocenters. The van der Waals surface area contributed by atoms with Crippen molar-refractivity contribution in [2.45, 2.75) is 24.8 Å². The normalized spacial score (nSPS) is 20.6. The number of methoxy groups -OCH3 is 1. The first-order chi connectivity index (χ1) is 9.49. The van der Waals surface area contributed by atoms with Crippen LogP contribution in [0.3, 0.4) is 0 Å². The van der Waals surface area contributed by atoms with Crippen molar-refractivity contribution in [3.8, 4) is 5.75 Å². The van der Waals surface area contributed by atoms with Gasteiger partial charge in [0, 0.05) is 5.75 Å². The van der Waals surface area contributed by atoms with Crippen LogP contribution in [0, 0.1) is 0 Å². The smallest absolute Gasteiger partial charge is 0.248 e.